The number of benzene rings is 2. The minimum absolute atomic E-state index is 0.0369. The Bertz CT molecular complexity index is 408. The molecule has 0 bridgehead atoms. The molecule has 2 aromatic rings. The Morgan fingerprint density at radius 3 is 1.61 bits per heavy atom. The predicted octanol–water partition coefficient (Wildman–Crippen LogP) is 4.45. The fraction of sp³-hybridized carbons (Fsp3) is 0.294. The Labute approximate surface area is 109 Å². The van der Waals surface area contributed by atoms with E-state index in [0.717, 1.165) is 6.61 Å². The number of ether oxygens (including phenoxy) is 1. The quantitative estimate of drug-likeness (QED) is 0.750. The molecule has 1 nitrogen and oxygen atoms in total. The molecule has 0 aromatic heterocycles. The fourth-order valence-electron chi connectivity index (χ4n) is 1.93. The van der Waals surface area contributed by atoms with Gasteiger partial charge in [-0.15, -0.1) is 0 Å². The first-order valence-electron chi connectivity index (χ1n) is 6.49. The summed E-state index contributed by atoms with van der Waals surface area (Å²) in [6.45, 7) is 5.12. The summed E-state index contributed by atoms with van der Waals surface area (Å²) in [5.41, 5.74) is 2.42. The minimum Gasteiger partial charge on any atom is -0.369 e. The average molecular weight is 240 g/mol. The van der Waals surface area contributed by atoms with Crippen molar-refractivity contribution >= 4 is 0 Å². The van der Waals surface area contributed by atoms with Crippen molar-refractivity contribution in [3.63, 3.8) is 0 Å². The van der Waals surface area contributed by atoms with Crippen LogP contribution < -0.4 is 0 Å². The van der Waals surface area contributed by atoms with Gasteiger partial charge in [0, 0.05) is 0 Å². The van der Waals surface area contributed by atoms with Crippen molar-refractivity contribution in [2.75, 3.05) is 6.61 Å². The van der Waals surface area contributed by atoms with Crippen LogP contribution in [0.1, 0.15) is 31.1 Å². The van der Waals surface area contributed by atoms with Crippen LogP contribution in [0, 0.1) is 5.92 Å². The molecule has 0 aliphatic rings. The molecule has 0 aliphatic heterocycles. The lowest BCUT2D eigenvalue weighted by Gasteiger charge is -2.20. The normalized spacial score (nSPS) is 11.1. The molecule has 1 heteroatoms. The summed E-state index contributed by atoms with van der Waals surface area (Å²) >= 11 is 0. The van der Waals surface area contributed by atoms with E-state index >= 15 is 0 Å². The highest BCUT2D eigenvalue weighted by atomic mass is 16.5. The number of hydrogen-bond acceptors (Lipinski definition) is 1. The first kappa shape index (κ1) is 12.8. The average Bonchev–Trinajstić information content (AvgIpc) is 2.41. The van der Waals surface area contributed by atoms with Gasteiger partial charge in [0.15, 0.2) is 0 Å². The first-order chi connectivity index (χ1) is 8.77. The van der Waals surface area contributed by atoms with Crippen LogP contribution in [0.5, 0.6) is 0 Å². The standard InChI is InChI=1S/C17H20O/c1-14(2)13-18-17(15-9-5-3-6-10-15)16-11-7-4-8-12-16/h3-12,14,17H,13H2,1-2H3. The molecule has 0 unspecified atom stereocenters. The molecule has 2 aromatic carbocycles. The molecule has 18 heavy (non-hydrogen) atoms. The SMILES string of the molecule is CC(C)COC(c1ccccc1)c1ccccc1. The van der Waals surface area contributed by atoms with Gasteiger partial charge in [-0.2, -0.15) is 0 Å². The highest BCUT2D eigenvalue weighted by molar-refractivity contribution is 5.29. The van der Waals surface area contributed by atoms with Gasteiger partial charge in [0.1, 0.15) is 6.10 Å². The zero-order chi connectivity index (χ0) is 12.8. The highest BCUT2D eigenvalue weighted by Crippen LogP contribution is 2.26. The summed E-state index contributed by atoms with van der Waals surface area (Å²) in [5.74, 6) is 0.542. The molecule has 0 heterocycles. The van der Waals surface area contributed by atoms with Crippen molar-refractivity contribution in [1.29, 1.82) is 0 Å². The van der Waals surface area contributed by atoms with Crippen molar-refractivity contribution in [2.24, 2.45) is 5.92 Å². The lowest BCUT2D eigenvalue weighted by atomic mass is 10.0. The van der Waals surface area contributed by atoms with E-state index in [1.807, 2.05) is 12.1 Å². The maximum Gasteiger partial charge on any atom is 0.108 e. The van der Waals surface area contributed by atoms with Crippen LogP contribution >= 0.6 is 0 Å². The summed E-state index contributed by atoms with van der Waals surface area (Å²) < 4.78 is 6.08. The summed E-state index contributed by atoms with van der Waals surface area (Å²) in [6, 6.07) is 20.8. The van der Waals surface area contributed by atoms with Crippen LogP contribution in [0.25, 0.3) is 0 Å². The van der Waals surface area contributed by atoms with Gasteiger partial charge in [0.25, 0.3) is 0 Å². The van der Waals surface area contributed by atoms with Crippen LogP contribution in [0.4, 0.5) is 0 Å². The molecule has 0 radical (unpaired) electrons. The molecular formula is C17H20O. The number of rotatable bonds is 5. The van der Waals surface area contributed by atoms with Gasteiger partial charge in [-0.05, 0) is 17.0 Å². The Hall–Kier alpha value is -1.60. The van der Waals surface area contributed by atoms with E-state index in [-0.39, 0.29) is 6.10 Å². The first-order valence-corrected chi connectivity index (χ1v) is 6.49. The summed E-state index contributed by atoms with van der Waals surface area (Å²) in [7, 11) is 0. The molecule has 0 saturated heterocycles. The fourth-order valence-corrected chi connectivity index (χ4v) is 1.93. The van der Waals surface area contributed by atoms with E-state index < -0.39 is 0 Å². The van der Waals surface area contributed by atoms with Crippen LogP contribution in [0.15, 0.2) is 60.7 Å². The van der Waals surface area contributed by atoms with Gasteiger partial charge in [-0.1, -0.05) is 74.5 Å². The Morgan fingerprint density at radius 2 is 1.22 bits per heavy atom. The van der Waals surface area contributed by atoms with Crippen LogP contribution in [0.3, 0.4) is 0 Å². The molecule has 94 valence electrons. The van der Waals surface area contributed by atoms with Crippen molar-refractivity contribution < 1.29 is 4.74 Å². The van der Waals surface area contributed by atoms with Crippen LogP contribution in [-0.2, 0) is 4.74 Å². The molecule has 0 atom stereocenters. The molecule has 2 rings (SSSR count). The lowest BCUT2D eigenvalue weighted by Crippen LogP contribution is -2.10. The lowest BCUT2D eigenvalue weighted by molar-refractivity contribution is 0.0602. The van der Waals surface area contributed by atoms with Gasteiger partial charge in [0.2, 0.25) is 0 Å². The Morgan fingerprint density at radius 1 is 0.778 bits per heavy atom. The van der Waals surface area contributed by atoms with E-state index in [4.69, 9.17) is 4.74 Å². The van der Waals surface area contributed by atoms with Gasteiger partial charge >= 0.3 is 0 Å². The van der Waals surface area contributed by atoms with Crippen molar-refractivity contribution in [3.8, 4) is 0 Å². The largest absolute Gasteiger partial charge is 0.369 e. The van der Waals surface area contributed by atoms with Gasteiger partial charge in [0.05, 0.1) is 6.61 Å². The maximum atomic E-state index is 6.08. The zero-order valence-corrected chi connectivity index (χ0v) is 11.0. The van der Waals surface area contributed by atoms with E-state index in [1.165, 1.54) is 11.1 Å². The van der Waals surface area contributed by atoms with Crippen molar-refractivity contribution in [2.45, 2.75) is 20.0 Å². The molecule has 0 spiro atoms. The van der Waals surface area contributed by atoms with Crippen LogP contribution in [0.2, 0.25) is 0 Å². The summed E-state index contributed by atoms with van der Waals surface area (Å²) in [6.07, 6.45) is 0.0369. The smallest absolute Gasteiger partial charge is 0.108 e. The molecule has 0 saturated carbocycles. The third kappa shape index (κ3) is 3.44. The molecule has 0 fully saturated rings. The second-order valence-corrected chi connectivity index (χ2v) is 4.93. The highest BCUT2D eigenvalue weighted by Gasteiger charge is 2.14. The monoisotopic (exact) mass is 240 g/mol. The van der Waals surface area contributed by atoms with Crippen molar-refractivity contribution in [1.82, 2.24) is 0 Å². The molecular weight excluding hydrogens is 220 g/mol. The van der Waals surface area contributed by atoms with Crippen LogP contribution in [-0.4, -0.2) is 6.61 Å². The predicted molar refractivity (Wildman–Crippen MR) is 75.5 cm³/mol. The molecule has 0 aliphatic carbocycles. The summed E-state index contributed by atoms with van der Waals surface area (Å²) in [5, 5.41) is 0. The third-order valence-corrected chi connectivity index (χ3v) is 2.80. The van der Waals surface area contributed by atoms with Gasteiger partial charge in [-0.25, -0.2) is 0 Å². The topological polar surface area (TPSA) is 9.23 Å². The zero-order valence-electron chi connectivity index (χ0n) is 11.0. The molecule has 0 N–H and O–H groups in total. The second-order valence-electron chi connectivity index (χ2n) is 4.93. The third-order valence-electron chi connectivity index (χ3n) is 2.80. The number of hydrogen-bond donors (Lipinski definition) is 0. The van der Waals surface area contributed by atoms with E-state index in [0.29, 0.717) is 5.92 Å². The van der Waals surface area contributed by atoms with Crippen molar-refractivity contribution in [3.05, 3.63) is 71.8 Å². The van der Waals surface area contributed by atoms with E-state index in [9.17, 15) is 0 Å². The Kier molecular flexibility index (Phi) is 4.54. The van der Waals surface area contributed by atoms with E-state index in [1.54, 1.807) is 0 Å². The maximum absolute atomic E-state index is 6.08. The minimum atomic E-state index is 0.0369. The second kappa shape index (κ2) is 6.36. The summed E-state index contributed by atoms with van der Waals surface area (Å²) in [4.78, 5) is 0. The van der Waals surface area contributed by atoms with E-state index in [2.05, 4.69) is 62.4 Å². The van der Waals surface area contributed by atoms with Gasteiger partial charge < -0.3 is 4.74 Å². The Balaban J connectivity index is 2.24. The van der Waals surface area contributed by atoms with Gasteiger partial charge in [-0.3, -0.25) is 0 Å². The molecule has 0 amide bonds.